The molecule has 10 heavy (non-hydrogen) atoms. The van der Waals surface area contributed by atoms with Crippen molar-refractivity contribution in [3.05, 3.63) is 0 Å². The molecule has 1 aliphatic heterocycles. The van der Waals surface area contributed by atoms with E-state index >= 15 is 0 Å². The van der Waals surface area contributed by atoms with E-state index in [2.05, 4.69) is 0 Å². The molecule has 0 atom stereocenters. The summed E-state index contributed by atoms with van der Waals surface area (Å²) in [6, 6.07) is 0. The molecule has 0 unspecified atom stereocenters. The number of hydrogen-bond acceptors (Lipinski definition) is 0. The van der Waals surface area contributed by atoms with Crippen LogP contribution in [0, 0.1) is 0 Å². The van der Waals surface area contributed by atoms with Crippen LogP contribution in [0.4, 0.5) is 0 Å². The van der Waals surface area contributed by atoms with Crippen LogP contribution in [0.3, 0.4) is 0 Å². The molecule has 0 saturated carbocycles. The molecule has 1 heterocycles. The average Bonchev–Trinajstić information content (AvgIpc) is 2.01. The Bertz CT molecular complexity index is 37.9. The SMILES string of the molecule is C1CCC[CH2][Hg][CH2]CCC1. The third-order valence-corrected chi connectivity index (χ3v) is 10.3. The standard InChI is InChI=1S/C9H18.Hg/c1-3-5-7-9-8-6-4-2;/h1-9H2;. The molecular formula is C9H18Hg. The van der Waals surface area contributed by atoms with E-state index in [-0.39, 0.29) is 24.6 Å². The zero-order valence-electron chi connectivity index (χ0n) is 7.07. The van der Waals surface area contributed by atoms with Crippen molar-refractivity contribution >= 4 is 0 Å². The van der Waals surface area contributed by atoms with Crippen molar-refractivity contribution in [2.75, 3.05) is 0 Å². The van der Waals surface area contributed by atoms with Crippen LogP contribution in [-0.4, -0.2) is 0 Å². The first kappa shape index (κ1) is 9.03. The Morgan fingerprint density at radius 1 is 0.500 bits per heavy atom. The van der Waals surface area contributed by atoms with Gasteiger partial charge < -0.3 is 0 Å². The fourth-order valence-corrected chi connectivity index (χ4v) is 8.64. The molecule has 0 aliphatic carbocycles. The first-order valence-electron chi connectivity index (χ1n) is 5.00. The van der Waals surface area contributed by atoms with Gasteiger partial charge in [-0.3, -0.25) is 0 Å². The fraction of sp³-hybridized carbons (Fsp3) is 1.00. The van der Waals surface area contributed by atoms with Crippen LogP contribution in [0.1, 0.15) is 44.9 Å². The van der Waals surface area contributed by atoms with Gasteiger partial charge in [0.1, 0.15) is 0 Å². The van der Waals surface area contributed by atoms with Crippen LogP contribution in [-0.2, 0) is 24.6 Å². The van der Waals surface area contributed by atoms with Crippen molar-refractivity contribution in [2.45, 2.75) is 52.8 Å². The van der Waals surface area contributed by atoms with Gasteiger partial charge in [-0.1, -0.05) is 0 Å². The van der Waals surface area contributed by atoms with E-state index in [0.717, 1.165) is 0 Å². The quantitative estimate of drug-likeness (QED) is 0.596. The van der Waals surface area contributed by atoms with Crippen LogP contribution in [0.25, 0.3) is 0 Å². The Hall–Kier alpha value is 0.935. The second kappa shape index (κ2) is 6.63. The summed E-state index contributed by atoms with van der Waals surface area (Å²) in [5.74, 6) is 0. The van der Waals surface area contributed by atoms with Gasteiger partial charge in [0.15, 0.2) is 0 Å². The number of rotatable bonds is 0. The monoisotopic (exact) mass is 328 g/mol. The third-order valence-electron chi connectivity index (χ3n) is 2.50. The topological polar surface area (TPSA) is 0 Å². The summed E-state index contributed by atoms with van der Waals surface area (Å²) >= 11 is -0.238. The second-order valence-electron chi connectivity index (χ2n) is 3.54. The Morgan fingerprint density at radius 2 is 0.900 bits per heavy atom. The fourth-order valence-electron chi connectivity index (χ4n) is 1.77. The Labute approximate surface area is 77.2 Å². The van der Waals surface area contributed by atoms with Crippen LogP contribution in [0.15, 0.2) is 0 Å². The van der Waals surface area contributed by atoms with Crippen LogP contribution >= 0.6 is 0 Å². The van der Waals surface area contributed by atoms with Gasteiger partial charge in [0.25, 0.3) is 0 Å². The summed E-state index contributed by atoms with van der Waals surface area (Å²) in [6.07, 6.45) is 10.9. The summed E-state index contributed by atoms with van der Waals surface area (Å²) in [7, 11) is 0. The summed E-state index contributed by atoms with van der Waals surface area (Å²) < 4.78 is 3.44. The predicted molar refractivity (Wildman–Crippen MR) is 41.9 cm³/mol. The van der Waals surface area contributed by atoms with Crippen molar-refractivity contribution in [3.8, 4) is 0 Å². The van der Waals surface area contributed by atoms with Gasteiger partial charge in [-0.05, 0) is 0 Å². The van der Waals surface area contributed by atoms with Crippen molar-refractivity contribution in [3.63, 3.8) is 0 Å². The summed E-state index contributed by atoms with van der Waals surface area (Å²) in [5, 5.41) is 0. The molecular weight excluding hydrogens is 309 g/mol. The molecule has 0 aromatic rings. The molecule has 1 aliphatic rings. The molecule has 56 valence electrons. The van der Waals surface area contributed by atoms with Gasteiger partial charge in [-0.2, -0.15) is 0 Å². The van der Waals surface area contributed by atoms with Crippen LogP contribution in [0.5, 0.6) is 0 Å². The zero-order valence-corrected chi connectivity index (χ0v) is 12.6. The van der Waals surface area contributed by atoms with E-state index in [9.17, 15) is 0 Å². The van der Waals surface area contributed by atoms with Gasteiger partial charge in [0.2, 0.25) is 0 Å². The minimum absolute atomic E-state index is 0.238. The average molecular weight is 327 g/mol. The van der Waals surface area contributed by atoms with E-state index in [1.54, 1.807) is 33.5 Å². The number of hydrogen-bond donors (Lipinski definition) is 0. The van der Waals surface area contributed by atoms with Gasteiger partial charge in [0, 0.05) is 0 Å². The van der Waals surface area contributed by atoms with Gasteiger partial charge in [-0.25, -0.2) is 0 Å². The molecule has 0 nitrogen and oxygen atoms in total. The Morgan fingerprint density at radius 3 is 1.40 bits per heavy atom. The van der Waals surface area contributed by atoms with Gasteiger partial charge >= 0.3 is 77.4 Å². The molecule has 1 heteroatoms. The molecule has 0 spiro atoms. The summed E-state index contributed by atoms with van der Waals surface area (Å²) in [5.41, 5.74) is 0. The molecule has 0 aromatic heterocycles. The van der Waals surface area contributed by atoms with Crippen molar-refractivity contribution in [1.82, 2.24) is 0 Å². The van der Waals surface area contributed by atoms with E-state index in [0.29, 0.717) is 0 Å². The van der Waals surface area contributed by atoms with Crippen LogP contribution < -0.4 is 0 Å². The summed E-state index contributed by atoms with van der Waals surface area (Å²) in [4.78, 5) is 0. The predicted octanol–water partition coefficient (Wildman–Crippen LogP) is 3.65. The normalized spacial score (nSPS) is 22.4. The first-order chi connectivity index (χ1) is 5.00. The molecule has 1 saturated heterocycles. The Balaban J connectivity index is 2.00. The minimum atomic E-state index is -0.238. The molecule has 0 amide bonds. The van der Waals surface area contributed by atoms with Gasteiger partial charge in [-0.15, -0.1) is 0 Å². The van der Waals surface area contributed by atoms with E-state index in [1.165, 1.54) is 19.3 Å². The van der Waals surface area contributed by atoms with E-state index < -0.39 is 0 Å². The second-order valence-corrected chi connectivity index (χ2v) is 11.8. The van der Waals surface area contributed by atoms with Crippen molar-refractivity contribution in [1.29, 1.82) is 0 Å². The Kier molecular flexibility index (Phi) is 5.99. The molecule has 0 bridgehead atoms. The van der Waals surface area contributed by atoms with Crippen LogP contribution in [0.2, 0.25) is 7.86 Å². The summed E-state index contributed by atoms with van der Waals surface area (Å²) in [6.45, 7) is 0. The maximum atomic E-state index is 1.72. The molecule has 1 rings (SSSR count). The zero-order chi connectivity index (χ0) is 7.07. The van der Waals surface area contributed by atoms with E-state index in [1.807, 2.05) is 0 Å². The molecule has 0 aromatic carbocycles. The van der Waals surface area contributed by atoms with Crippen molar-refractivity contribution in [2.24, 2.45) is 0 Å². The maximum absolute atomic E-state index is 1.72. The molecule has 0 radical (unpaired) electrons. The molecule has 0 N–H and O–H groups in total. The first-order valence-corrected chi connectivity index (χ1v) is 12.8. The van der Waals surface area contributed by atoms with Crippen molar-refractivity contribution < 1.29 is 24.6 Å². The van der Waals surface area contributed by atoms with E-state index in [4.69, 9.17) is 0 Å². The van der Waals surface area contributed by atoms with Gasteiger partial charge in [0.05, 0.1) is 0 Å². The third kappa shape index (κ3) is 4.70. The molecule has 1 fully saturated rings.